The van der Waals surface area contributed by atoms with Gasteiger partial charge in [-0.3, -0.25) is 4.90 Å². The van der Waals surface area contributed by atoms with Crippen LogP contribution in [0.15, 0.2) is 0 Å². The first kappa shape index (κ1) is 13.9. The molecule has 2 saturated carbocycles. The summed E-state index contributed by atoms with van der Waals surface area (Å²) < 4.78 is 0. The summed E-state index contributed by atoms with van der Waals surface area (Å²) >= 11 is 0. The second-order valence-electron chi connectivity index (χ2n) is 7.49. The normalized spacial score (nSPS) is 36.3. The van der Waals surface area contributed by atoms with E-state index in [1.54, 1.807) is 0 Å². The molecule has 0 aromatic rings. The molecule has 2 nitrogen and oxygen atoms in total. The van der Waals surface area contributed by atoms with Crippen molar-refractivity contribution in [1.29, 1.82) is 0 Å². The van der Waals surface area contributed by atoms with Gasteiger partial charge in [-0.25, -0.2) is 0 Å². The molecule has 1 saturated heterocycles. The van der Waals surface area contributed by atoms with E-state index in [0.717, 1.165) is 30.0 Å². The van der Waals surface area contributed by atoms with E-state index in [2.05, 4.69) is 24.1 Å². The van der Waals surface area contributed by atoms with E-state index >= 15 is 0 Å². The molecule has 110 valence electrons. The third kappa shape index (κ3) is 3.52. The van der Waals surface area contributed by atoms with E-state index in [4.69, 9.17) is 0 Å². The average molecular weight is 264 g/mol. The Morgan fingerprint density at radius 2 is 1.84 bits per heavy atom. The van der Waals surface area contributed by atoms with Gasteiger partial charge in [0.1, 0.15) is 0 Å². The molecule has 3 fully saturated rings. The van der Waals surface area contributed by atoms with Gasteiger partial charge >= 0.3 is 0 Å². The summed E-state index contributed by atoms with van der Waals surface area (Å²) in [6.45, 7) is 7.39. The summed E-state index contributed by atoms with van der Waals surface area (Å²) in [7, 11) is 0. The van der Waals surface area contributed by atoms with E-state index in [1.807, 2.05) is 0 Å². The lowest BCUT2D eigenvalue weighted by Crippen LogP contribution is -2.60. The molecule has 0 radical (unpaired) electrons. The Balaban J connectivity index is 1.55. The van der Waals surface area contributed by atoms with Crippen LogP contribution in [0.1, 0.15) is 65.2 Å². The number of hydrogen-bond donors (Lipinski definition) is 1. The smallest absolute Gasteiger partial charge is 0.0224 e. The molecule has 1 N–H and O–H groups in total. The zero-order chi connectivity index (χ0) is 13.2. The minimum atomic E-state index is 0.730. The minimum absolute atomic E-state index is 0.730. The molecular formula is C17H32N2. The van der Waals surface area contributed by atoms with Crippen LogP contribution in [0.2, 0.25) is 0 Å². The second-order valence-corrected chi connectivity index (χ2v) is 7.49. The van der Waals surface area contributed by atoms with Gasteiger partial charge in [-0.15, -0.1) is 0 Å². The van der Waals surface area contributed by atoms with E-state index in [0.29, 0.717) is 0 Å². The summed E-state index contributed by atoms with van der Waals surface area (Å²) in [6, 6.07) is 2.31. The van der Waals surface area contributed by atoms with Gasteiger partial charge in [0.2, 0.25) is 0 Å². The summed E-state index contributed by atoms with van der Waals surface area (Å²) in [5.41, 5.74) is 0. The van der Waals surface area contributed by atoms with Crippen molar-refractivity contribution in [1.82, 2.24) is 10.2 Å². The Labute approximate surface area is 119 Å². The van der Waals surface area contributed by atoms with Crippen LogP contribution in [-0.4, -0.2) is 36.1 Å². The van der Waals surface area contributed by atoms with E-state index < -0.39 is 0 Å². The molecule has 0 spiro atoms. The number of nitrogens with one attached hydrogen (secondary N) is 1. The van der Waals surface area contributed by atoms with Crippen LogP contribution in [0.5, 0.6) is 0 Å². The summed E-state index contributed by atoms with van der Waals surface area (Å²) in [6.07, 6.45) is 11.8. The Kier molecular flexibility index (Phi) is 4.48. The van der Waals surface area contributed by atoms with Crippen molar-refractivity contribution < 1.29 is 0 Å². The molecule has 0 aromatic carbocycles. The molecular weight excluding hydrogens is 232 g/mol. The maximum atomic E-state index is 3.85. The molecule has 3 atom stereocenters. The van der Waals surface area contributed by atoms with Crippen molar-refractivity contribution in [3.63, 3.8) is 0 Å². The molecule has 19 heavy (non-hydrogen) atoms. The lowest BCUT2D eigenvalue weighted by atomic mass is 9.82. The second kappa shape index (κ2) is 6.13. The highest BCUT2D eigenvalue weighted by Crippen LogP contribution is 2.36. The number of nitrogens with zero attached hydrogens (tertiary/aromatic N) is 1. The standard InChI is InChI=1S/C17H32N2/c1-13(10-15-8-9-15)19-12-17(18-11-14(19)2)16-6-4-3-5-7-16/h13-18H,3-12H2,1-2H3. The quantitative estimate of drug-likeness (QED) is 0.837. The number of piperazine rings is 1. The van der Waals surface area contributed by atoms with Gasteiger partial charge in [-0.05, 0) is 44.9 Å². The van der Waals surface area contributed by atoms with Gasteiger partial charge in [0.25, 0.3) is 0 Å². The monoisotopic (exact) mass is 264 g/mol. The fourth-order valence-electron chi connectivity index (χ4n) is 4.35. The Morgan fingerprint density at radius 1 is 1.11 bits per heavy atom. The maximum absolute atomic E-state index is 3.85. The van der Waals surface area contributed by atoms with Crippen LogP contribution < -0.4 is 5.32 Å². The fourth-order valence-corrected chi connectivity index (χ4v) is 4.35. The zero-order valence-electron chi connectivity index (χ0n) is 12.9. The van der Waals surface area contributed by atoms with Crippen LogP contribution in [0.25, 0.3) is 0 Å². The van der Waals surface area contributed by atoms with Crippen LogP contribution in [0.4, 0.5) is 0 Å². The predicted octanol–water partition coefficient (Wildman–Crippen LogP) is 3.42. The first-order valence-corrected chi connectivity index (χ1v) is 8.73. The molecule has 2 aliphatic carbocycles. The predicted molar refractivity (Wildman–Crippen MR) is 81.3 cm³/mol. The van der Waals surface area contributed by atoms with Crippen molar-refractivity contribution in [3.05, 3.63) is 0 Å². The Hall–Kier alpha value is -0.0800. The first-order valence-electron chi connectivity index (χ1n) is 8.73. The molecule has 0 amide bonds. The first-order chi connectivity index (χ1) is 9.24. The summed E-state index contributed by atoms with van der Waals surface area (Å²) in [4.78, 5) is 2.81. The molecule has 1 heterocycles. The number of hydrogen-bond acceptors (Lipinski definition) is 2. The topological polar surface area (TPSA) is 15.3 Å². The highest BCUT2D eigenvalue weighted by atomic mass is 15.2. The molecule has 3 rings (SSSR count). The van der Waals surface area contributed by atoms with Gasteiger partial charge in [-0.2, -0.15) is 0 Å². The van der Waals surface area contributed by atoms with Gasteiger partial charge in [0.05, 0.1) is 0 Å². The van der Waals surface area contributed by atoms with Crippen molar-refractivity contribution in [2.75, 3.05) is 13.1 Å². The highest BCUT2D eigenvalue weighted by molar-refractivity contribution is 4.92. The molecule has 3 unspecified atom stereocenters. The Bertz CT molecular complexity index is 281. The zero-order valence-corrected chi connectivity index (χ0v) is 12.9. The van der Waals surface area contributed by atoms with E-state index in [9.17, 15) is 0 Å². The third-order valence-corrected chi connectivity index (χ3v) is 5.81. The number of rotatable bonds is 4. The van der Waals surface area contributed by atoms with E-state index in [-0.39, 0.29) is 0 Å². The lowest BCUT2D eigenvalue weighted by Gasteiger charge is -2.45. The molecule has 0 aromatic heterocycles. The molecule has 3 aliphatic rings. The van der Waals surface area contributed by atoms with Crippen molar-refractivity contribution in [3.8, 4) is 0 Å². The van der Waals surface area contributed by atoms with Crippen LogP contribution in [0.3, 0.4) is 0 Å². The molecule has 2 heteroatoms. The highest BCUT2D eigenvalue weighted by Gasteiger charge is 2.34. The maximum Gasteiger partial charge on any atom is 0.0224 e. The largest absolute Gasteiger partial charge is 0.311 e. The summed E-state index contributed by atoms with van der Waals surface area (Å²) in [5.74, 6) is 2.02. The minimum Gasteiger partial charge on any atom is -0.311 e. The fraction of sp³-hybridized carbons (Fsp3) is 1.00. The van der Waals surface area contributed by atoms with Crippen LogP contribution in [-0.2, 0) is 0 Å². The van der Waals surface area contributed by atoms with Crippen molar-refractivity contribution in [2.24, 2.45) is 11.8 Å². The average Bonchev–Trinajstić information content (AvgIpc) is 3.24. The van der Waals surface area contributed by atoms with E-state index in [1.165, 1.54) is 64.5 Å². The van der Waals surface area contributed by atoms with Gasteiger partial charge in [0.15, 0.2) is 0 Å². The SMILES string of the molecule is CC1CNC(C2CCCCC2)CN1C(C)CC1CC1. The van der Waals surface area contributed by atoms with Gasteiger partial charge < -0.3 is 5.32 Å². The van der Waals surface area contributed by atoms with Gasteiger partial charge in [-0.1, -0.05) is 32.1 Å². The third-order valence-electron chi connectivity index (χ3n) is 5.81. The Morgan fingerprint density at radius 3 is 2.53 bits per heavy atom. The molecule has 0 bridgehead atoms. The van der Waals surface area contributed by atoms with Crippen molar-refractivity contribution >= 4 is 0 Å². The lowest BCUT2D eigenvalue weighted by molar-refractivity contribution is 0.0667. The summed E-state index contributed by atoms with van der Waals surface area (Å²) in [5, 5.41) is 3.85. The van der Waals surface area contributed by atoms with Crippen molar-refractivity contribution in [2.45, 2.75) is 83.3 Å². The molecule has 1 aliphatic heterocycles. The van der Waals surface area contributed by atoms with Crippen LogP contribution in [0, 0.1) is 11.8 Å². The van der Waals surface area contributed by atoms with Crippen LogP contribution >= 0.6 is 0 Å². The van der Waals surface area contributed by atoms with Gasteiger partial charge in [0, 0.05) is 31.2 Å².